The number of amides is 1. The first-order valence-corrected chi connectivity index (χ1v) is 11.5. The summed E-state index contributed by atoms with van der Waals surface area (Å²) in [6.45, 7) is 10.6. The van der Waals surface area contributed by atoms with Gasteiger partial charge in [-0.05, 0) is 55.2 Å². The SMILES string of the molecule is CCOc1ccc2nc(SCC(=O)N3CC4(C)CC3CC(C)(C)C4)sc2c1. The van der Waals surface area contributed by atoms with Gasteiger partial charge in [-0.3, -0.25) is 4.79 Å². The van der Waals surface area contributed by atoms with Crippen LogP contribution in [0.2, 0.25) is 0 Å². The third-order valence-electron chi connectivity index (χ3n) is 5.71. The highest BCUT2D eigenvalue weighted by Crippen LogP contribution is 2.52. The smallest absolute Gasteiger partial charge is 0.233 e. The van der Waals surface area contributed by atoms with Crippen LogP contribution < -0.4 is 4.74 Å². The average Bonchev–Trinajstić information content (AvgIpc) is 3.09. The van der Waals surface area contributed by atoms with Gasteiger partial charge in [0.25, 0.3) is 0 Å². The number of ether oxygens (including phenoxy) is 1. The van der Waals surface area contributed by atoms with Crippen LogP contribution in [0.4, 0.5) is 0 Å². The molecule has 2 fully saturated rings. The van der Waals surface area contributed by atoms with Gasteiger partial charge >= 0.3 is 0 Å². The molecule has 2 aromatic rings. The van der Waals surface area contributed by atoms with E-state index in [4.69, 9.17) is 4.74 Å². The average molecular weight is 405 g/mol. The van der Waals surface area contributed by atoms with E-state index in [0.29, 0.717) is 23.8 Å². The van der Waals surface area contributed by atoms with Gasteiger partial charge < -0.3 is 9.64 Å². The van der Waals surface area contributed by atoms with E-state index in [2.05, 4.69) is 30.7 Å². The molecule has 2 bridgehead atoms. The Morgan fingerprint density at radius 3 is 2.96 bits per heavy atom. The fourth-order valence-corrected chi connectivity index (χ4v) is 7.14. The Labute approximate surface area is 169 Å². The van der Waals surface area contributed by atoms with Crippen molar-refractivity contribution in [2.75, 3.05) is 18.9 Å². The summed E-state index contributed by atoms with van der Waals surface area (Å²) in [5, 5.41) is 0. The van der Waals surface area contributed by atoms with Crippen molar-refractivity contribution in [3.8, 4) is 5.75 Å². The first-order chi connectivity index (χ1) is 12.8. The van der Waals surface area contributed by atoms with Crippen LogP contribution >= 0.6 is 23.1 Å². The molecule has 1 amide bonds. The van der Waals surface area contributed by atoms with Gasteiger partial charge in [0.1, 0.15) is 5.75 Å². The molecule has 0 spiro atoms. The van der Waals surface area contributed by atoms with E-state index in [1.807, 2.05) is 25.1 Å². The molecular weight excluding hydrogens is 376 g/mol. The third kappa shape index (κ3) is 3.97. The number of hydrogen-bond acceptors (Lipinski definition) is 5. The molecule has 1 aliphatic carbocycles. The van der Waals surface area contributed by atoms with Crippen molar-refractivity contribution < 1.29 is 9.53 Å². The van der Waals surface area contributed by atoms with Gasteiger partial charge in [-0.2, -0.15) is 0 Å². The molecule has 0 radical (unpaired) electrons. The van der Waals surface area contributed by atoms with E-state index in [9.17, 15) is 4.79 Å². The van der Waals surface area contributed by atoms with Crippen LogP contribution in [0.5, 0.6) is 5.75 Å². The molecule has 1 aromatic heterocycles. The first-order valence-electron chi connectivity index (χ1n) is 9.73. The lowest BCUT2D eigenvalue weighted by molar-refractivity contribution is -0.129. The van der Waals surface area contributed by atoms with Crippen LogP contribution in [0.1, 0.15) is 47.0 Å². The zero-order valence-electron chi connectivity index (χ0n) is 16.6. The van der Waals surface area contributed by atoms with Gasteiger partial charge in [-0.1, -0.05) is 32.5 Å². The summed E-state index contributed by atoms with van der Waals surface area (Å²) in [5.41, 5.74) is 1.60. The first kappa shape index (κ1) is 19.1. The van der Waals surface area contributed by atoms with Crippen LogP contribution in [-0.4, -0.2) is 40.7 Å². The number of benzene rings is 1. The molecule has 1 saturated carbocycles. The van der Waals surface area contributed by atoms with Gasteiger partial charge in [0, 0.05) is 12.6 Å². The molecule has 2 atom stereocenters. The van der Waals surface area contributed by atoms with Crippen LogP contribution in [0.25, 0.3) is 10.2 Å². The van der Waals surface area contributed by atoms with Crippen molar-refractivity contribution in [1.29, 1.82) is 0 Å². The number of hydrogen-bond donors (Lipinski definition) is 0. The number of fused-ring (bicyclic) bond motifs is 3. The van der Waals surface area contributed by atoms with Gasteiger partial charge in [0.05, 0.1) is 22.6 Å². The second kappa shape index (κ2) is 6.96. The maximum atomic E-state index is 12.9. The summed E-state index contributed by atoms with van der Waals surface area (Å²) in [4.78, 5) is 19.8. The molecule has 4 nitrogen and oxygen atoms in total. The van der Waals surface area contributed by atoms with Gasteiger partial charge in [0.15, 0.2) is 4.34 Å². The van der Waals surface area contributed by atoms with Crippen molar-refractivity contribution in [3.63, 3.8) is 0 Å². The van der Waals surface area contributed by atoms with Gasteiger partial charge in [-0.25, -0.2) is 4.98 Å². The Morgan fingerprint density at radius 1 is 1.37 bits per heavy atom. The minimum Gasteiger partial charge on any atom is -0.494 e. The zero-order valence-corrected chi connectivity index (χ0v) is 18.2. The lowest BCUT2D eigenvalue weighted by Gasteiger charge is -2.39. The molecule has 1 aliphatic heterocycles. The summed E-state index contributed by atoms with van der Waals surface area (Å²) in [6, 6.07) is 6.40. The van der Waals surface area contributed by atoms with E-state index >= 15 is 0 Å². The normalized spacial score (nSPS) is 26.5. The molecule has 1 aromatic carbocycles. The Kier molecular flexibility index (Phi) is 4.91. The number of carbonyl (C=O) groups excluding carboxylic acids is 1. The maximum Gasteiger partial charge on any atom is 0.233 e. The predicted octanol–water partition coefficient (Wildman–Crippen LogP) is 5.21. The molecule has 0 N–H and O–H groups in total. The van der Waals surface area contributed by atoms with Crippen LogP contribution in [0.3, 0.4) is 0 Å². The highest BCUT2D eigenvalue weighted by molar-refractivity contribution is 8.01. The van der Waals surface area contributed by atoms with E-state index in [0.717, 1.165) is 39.7 Å². The van der Waals surface area contributed by atoms with E-state index in [1.165, 1.54) is 6.42 Å². The number of rotatable bonds is 5. The quantitative estimate of drug-likeness (QED) is 0.641. The minimum absolute atomic E-state index is 0.265. The monoisotopic (exact) mass is 404 g/mol. The summed E-state index contributed by atoms with van der Waals surface area (Å²) in [5.74, 6) is 1.62. The summed E-state index contributed by atoms with van der Waals surface area (Å²) >= 11 is 3.21. The molecule has 146 valence electrons. The molecule has 2 aliphatic rings. The highest BCUT2D eigenvalue weighted by Gasteiger charge is 2.50. The predicted molar refractivity (Wildman–Crippen MR) is 113 cm³/mol. The van der Waals surface area contributed by atoms with Crippen molar-refractivity contribution in [2.24, 2.45) is 10.8 Å². The fourth-order valence-electron chi connectivity index (χ4n) is 5.16. The zero-order chi connectivity index (χ0) is 19.2. The van der Waals surface area contributed by atoms with Crippen LogP contribution in [-0.2, 0) is 4.79 Å². The third-order valence-corrected chi connectivity index (χ3v) is 7.85. The van der Waals surface area contributed by atoms with E-state index in [1.54, 1.807) is 23.1 Å². The number of aromatic nitrogens is 1. The lowest BCUT2D eigenvalue weighted by atomic mass is 9.65. The second-order valence-electron chi connectivity index (χ2n) is 9.07. The van der Waals surface area contributed by atoms with Gasteiger partial charge in [-0.15, -0.1) is 11.3 Å². The highest BCUT2D eigenvalue weighted by atomic mass is 32.2. The Bertz CT molecular complexity index is 863. The standard InChI is InChI=1S/C21H28N2O2S2/c1-5-25-15-6-7-16-17(8-15)27-19(22-16)26-11-18(24)23-13-21(4)10-14(23)9-20(2,3)12-21/h6-8,14H,5,9-13H2,1-4H3. The lowest BCUT2D eigenvalue weighted by Crippen LogP contribution is -2.38. The Morgan fingerprint density at radius 2 is 2.19 bits per heavy atom. The van der Waals surface area contributed by atoms with E-state index < -0.39 is 0 Å². The van der Waals surface area contributed by atoms with Crippen LogP contribution in [0, 0.1) is 10.8 Å². The number of likely N-dealkylation sites (tertiary alicyclic amines) is 1. The molecule has 1 saturated heterocycles. The molecule has 6 heteroatoms. The molecular formula is C21H28N2O2S2. The van der Waals surface area contributed by atoms with Crippen molar-refractivity contribution in [2.45, 2.75) is 57.3 Å². The van der Waals surface area contributed by atoms with Crippen molar-refractivity contribution >= 4 is 39.2 Å². The van der Waals surface area contributed by atoms with E-state index in [-0.39, 0.29) is 11.3 Å². The maximum absolute atomic E-state index is 12.9. The largest absolute Gasteiger partial charge is 0.494 e. The Hall–Kier alpha value is -1.27. The Balaban J connectivity index is 1.41. The van der Waals surface area contributed by atoms with Crippen LogP contribution in [0.15, 0.2) is 22.5 Å². The van der Waals surface area contributed by atoms with Crippen molar-refractivity contribution in [1.82, 2.24) is 9.88 Å². The summed E-state index contributed by atoms with van der Waals surface area (Å²) in [7, 11) is 0. The number of thiazole rings is 1. The number of carbonyl (C=O) groups is 1. The number of thioether (sulfide) groups is 1. The second-order valence-corrected chi connectivity index (χ2v) is 11.3. The molecule has 27 heavy (non-hydrogen) atoms. The summed E-state index contributed by atoms with van der Waals surface area (Å²) < 4.78 is 7.64. The van der Waals surface area contributed by atoms with Gasteiger partial charge in [0.2, 0.25) is 5.91 Å². The molecule has 2 unspecified atom stereocenters. The number of nitrogens with zero attached hydrogens (tertiary/aromatic N) is 2. The molecule has 2 heterocycles. The summed E-state index contributed by atoms with van der Waals surface area (Å²) in [6.07, 6.45) is 3.50. The van der Waals surface area contributed by atoms with Crippen molar-refractivity contribution in [3.05, 3.63) is 18.2 Å². The fraction of sp³-hybridized carbons (Fsp3) is 0.619. The topological polar surface area (TPSA) is 42.4 Å². The molecule has 4 rings (SSSR count). The minimum atomic E-state index is 0.265.